The van der Waals surface area contributed by atoms with Crippen LogP contribution >= 0.6 is 0 Å². The minimum absolute atomic E-state index is 0.0187. The van der Waals surface area contributed by atoms with Gasteiger partial charge < -0.3 is 9.64 Å². The minimum Gasteiger partial charge on any atom is -0.463 e. The van der Waals surface area contributed by atoms with Gasteiger partial charge in [0.1, 0.15) is 12.2 Å². The molecule has 212 valence electrons. The zero-order valence-corrected chi connectivity index (χ0v) is 23.9. The third-order valence-electron chi connectivity index (χ3n) is 5.69. The molecular formula is C29H39F2N5O3. The summed E-state index contributed by atoms with van der Waals surface area (Å²) in [5.74, 6) is -3.35. The lowest BCUT2D eigenvalue weighted by Crippen LogP contribution is -2.28. The monoisotopic (exact) mass is 543 g/mol. The van der Waals surface area contributed by atoms with Crippen molar-refractivity contribution in [3.8, 4) is 6.07 Å². The van der Waals surface area contributed by atoms with Crippen molar-refractivity contribution in [3.05, 3.63) is 52.9 Å². The van der Waals surface area contributed by atoms with Gasteiger partial charge in [-0.05, 0) is 57.4 Å². The molecule has 1 heterocycles. The fraction of sp³-hybridized carbons (Fsp3) is 0.483. The summed E-state index contributed by atoms with van der Waals surface area (Å²) in [7, 11) is 1.35. The molecule has 0 unspecified atom stereocenters. The number of esters is 1. The number of carbonyl (C=O) groups excluding carboxylic acids is 2. The second kappa shape index (κ2) is 16.2. The second-order valence-corrected chi connectivity index (χ2v) is 9.33. The van der Waals surface area contributed by atoms with Gasteiger partial charge in [-0.15, -0.1) is 5.10 Å². The Balaban J connectivity index is 0.000000956. The number of rotatable bonds is 11. The molecule has 2 rings (SSSR count). The van der Waals surface area contributed by atoms with E-state index in [1.54, 1.807) is 25.1 Å². The fourth-order valence-electron chi connectivity index (χ4n) is 3.96. The molecule has 1 aromatic heterocycles. The lowest BCUT2D eigenvalue weighted by Gasteiger charge is -2.17. The quantitative estimate of drug-likeness (QED) is 0.238. The molecule has 10 heteroatoms. The van der Waals surface area contributed by atoms with E-state index in [0.29, 0.717) is 11.3 Å². The maximum absolute atomic E-state index is 14.8. The van der Waals surface area contributed by atoms with Crippen molar-refractivity contribution in [3.63, 3.8) is 0 Å². The van der Waals surface area contributed by atoms with Gasteiger partial charge in [-0.25, -0.2) is 13.5 Å². The van der Waals surface area contributed by atoms with E-state index in [2.05, 4.69) is 35.5 Å². The third-order valence-corrected chi connectivity index (χ3v) is 5.69. The molecule has 0 aliphatic heterocycles. The van der Waals surface area contributed by atoms with Crippen molar-refractivity contribution >= 4 is 29.6 Å². The van der Waals surface area contributed by atoms with Crippen molar-refractivity contribution in [1.82, 2.24) is 19.9 Å². The summed E-state index contributed by atoms with van der Waals surface area (Å²) < 4.78 is 35.9. The van der Waals surface area contributed by atoms with Gasteiger partial charge >= 0.3 is 5.97 Å². The molecule has 0 radical (unpaired) electrons. The molecule has 1 amide bonds. The highest BCUT2D eigenvalue weighted by molar-refractivity contribution is 5.95. The predicted molar refractivity (Wildman–Crippen MR) is 148 cm³/mol. The Hall–Kier alpha value is -3.87. The number of halogens is 2. The van der Waals surface area contributed by atoms with Gasteiger partial charge in [-0.1, -0.05) is 44.5 Å². The van der Waals surface area contributed by atoms with Crippen LogP contribution in [0.25, 0.3) is 17.7 Å². The van der Waals surface area contributed by atoms with E-state index in [9.17, 15) is 18.4 Å². The molecule has 0 aliphatic rings. The average molecular weight is 544 g/mol. The number of hydrogen-bond donors (Lipinski definition) is 0. The maximum Gasteiger partial charge on any atom is 0.302 e. The number of nitriles is 1. The van der Waals surface area contributed by atoms with Crippen LogP contribution in [0.2, 0.25) is 0 Å². The Bertz CT molecular complexity index is 1210. The fourth-order valence-corrected chi connectivity index (χ4v) is 3.96. The van der Waals surface area contributed by atoms with E-state index in [1.807, 2.05) is 18.5 Å². The van der Waals surface area contributed by atoms with Crippen LogP contribution in [0.5, 0.6) is 0 Å². The van der Waals surface area contributed by atoms with Crippen LogP contribution in [-0.2, 0) is 9.53 Å². The largest absolute Gasteiger partial charge is 0.463 e. The van der Waals surface area contributed by atoms with E-state index in [0.717, 1.165) is 36.3 Å². The molecule has 0 bridgehead atoms. The van der Waals surface area contributed by atoms with Crippen LogP contribution in [0.15, 0.2) is 18.7 Å². The molecule has 0 N–H and O–H groups in total. The van der Waals surface area contributed by atoms with Crippen molar-refractivity contribution in [1.29, 1.82) is 5.26 Å². The molecular weight excluding hydrogens is 504 g/mol. The first-order valence-electron chi connectivity index (χ1n) is 13.0. The van der Waals surface area contributed by atoms with E-state index < -0.39 is 23.1 Å². The van der Waals surface area contributed by atoms with Crippen LogP contribution < -0.4 is 0 Å². The van der Waals surface area contributed by atoms with Gasteiger partial charge in [0.15, 0.2) is 11.6 Å². The summed E-state index contributed by atoms with van der Waals surface area (Å²) in [5.41, 5.74) is 1.27. The van der Waals surface area contributed by atoms with Crippen LogP contribution in [0.4, 0.5) is 8.78 Å². The van der Waals surface area contributed by atoms with Gasteiger partial charge in [-0.3, -0.25) is 9.59 Å². The molecule has 39 heavy (non-hydrogen) atoms. The van der Waals surface area contributed by atoms with E-state index in [-0.39, 0.29) is 30.2 Å². The highest BCUT2D eigenvalue weighted by Crippen LogP contribution is 2.28. The van der Waals surface area contributed by atoms with Gasteiger partial charge in [0.25, 0.3) is 5.91 Å². The normalized spacial score (nSPS) is 11.1. The van der Waals surface area contributed by atoms with Crippen molar-refractivity contribution in [2.75, 3.05) is 13.6 Å². The number of ether oxygens (including phenoxy) is 1. The Morgan fingerprint density at radius 2 is 1.72 bits per heavy atom. The summed E-state index contributed by atoms with van der Waals surface area (Å²) in [5, 5.41) is 17.2. The third kappa shape index (κ3) is 9.43. The Labute approximate surface area is 229 Å². The van der Waals surface area contributed by atoms with Crippen molar-refractivity contribution in [2.45, 2.75) is 79.4 Å². The number of hydrogen-bond acceptors (Lipinski definition) is 6. The summed E-state index contributed by atoms with van der Waals surface area (Å²) >= 11 is 0. The first-order chi connectivity index (χ1) is 18.4. The van der Waals surface area contributed by atoms with Crippen molar-refractivity contribution in [2.24, 2.45) is 0 Å². The first-order valence-corrected chi connectivity index (χ1v) is 13.0. The molecule has 8 nitrogen and oxygen atoms in total. The zero-order chi connectivity index (χ0) is 29.7. The number of nitrogens with zero attached hydrogens (tertiary/aromatic N) is 5. The Morgan fingerprint density at radius 3 is 2.18 bits per heavy atom. The van der Waals surface area contributed by atoms with E-state index in [4.69, 9.17) is 5.26 Å². The highest BCUT2D eigenvalue weighted by atomic mass is 19.2. The Kier molecular flexibility index (Phi) is 13.7. The van der Waals surface area contributed by atoms with E-state index in [1.165, 1.54) is 26.1 Å². The SMILES string of the molecule is C=Cc1c(/C=C(\C)c2ccc(C(=O)N(C)CC#N)c(F)c2F)nnn1C(CCC)CCC.CC(=O)OC(C)C. The second-order valence-electron chi connectivity index (χ2n) is 9.33. The van der Waals surface area contributed by atoms with Crippen LogP contribution in [0.3, 0.4) is 0 Å². The maximum atomic E-state index is 14.8. The predicted octanol–water partition coefficient (Wildman–Crippen LogP) is 6.45. The van der Waals surface area contributed by atoms with Crippen molar-refractivity contribution < 1.29 is 23.1 Å². The van der Waals surface area contributed by atoms with Crippen LogP contribution in [0.1, 0.15) is 101 Å². The summed E-state index contributed by atoms with van der Waals surface area (Å²) in [6, 6.07) is 4.58. The summed E-state index contributed by atoms with van der Waals surface area (Å²) in [6.07, 6.45) is 7.25. The van der Waals surface area contributed by atoms with Gasteiger partial charge in [0, 0.05) is 19.5 Å². The zero-order valence-electron chi connectivity index (χ0n) is 23.9. The summed E-state index contributed by atoms with van der Waals surface area (Å²) in [6.45, 7) is 14.6. The molecule has 0 fully saturated rings. The van der Waals surface area contributed by atoms with Gasteiger partial charge in [-0.2, -0.15) is 5.26 Å². The molecule has 0 aliphatic carbocycles. The molecule has 0 saturated carbocycles. The standard InChI is InChI=1S/C24H29F2N5O.C5H10O2/c1-6-9-17(10-7-2)31-21(8-3)20(28-29-31)15-16(4)18-11-12-19(23(26)22(18)25)24(32)30(5)14-13-27;1-4(2)7-5(3)6/h8,11-12,15,17H,3,6-7,9-10,14H2,1-2,4-5H3;4H,1-3H3/b16-15+;. The topological polar surface area (TPSA) is 101 Å². The number of carbonyl (C=O) groups is 2. The Morgan fingerprint density at radius 1 is 1.15 bits per heavy atom. The first kappa shape index (κ1) is 33.2. The van der Waals surface area contributed by atoms with Gasteiger partial charge in [0.05, 0.1) is 29.5 Å². The lowest BCUT2D eigenvalue weighted by atomic mass is 10.0. The smallest absolute Gasteiger partial charge is 0.302 e. The lowest BCUT2D eigenvalue weighted by molar-refractivity contribution is -0.144. The van der Waals surface area contributed by atoms with Crippen LogP contribution in [-0.4, -0.2) is 51.5 Å². The van der Waals surface area contributed by atoms with Gasteiger partial charge in [0.2, 0.25) is 0 Å². The molecule has 1 aromatic carbocycles. The molecule has 0 saturated heterocycles. The average Bonchev–Trinajstić information content (AvgIpc) is 3.26. The summed E-state index contributed by atoms with van der Waals surface area (Å²) in [4.78, 5) is 23.3. The van der Waals surface area contributed by atoms with Crippen LogP contribution in [0, 0.1) is 23.0 Å². The van der Waals surface area contributed by atoms with E-state index >= 15 is 0 Å². The molecule has 0 spiro atoms. The molecule has 2 aromatic rings. The number of benzene rings is 1. The highest BCUT2D eigenvalue weighted by Gasteiger charge is 2.22. The number of allylic oxidation sites excluding steroid dienone is 1. The number of amides is 1. The molecule has 0 atom stereocenters. The minimum atomic E-state index is -1.25. The number of aromatic nitrogens is 3.